The van der Waals surface area contributed by atoms with Crippen LogP contribution in [-0.2, 0) is 6.42 Å². The highest BCUT2D eigenvalue weighted by Gasteiger charge is 2.39. The molecule has 0 amide bonds. The first-order valence-corrected chi connectivity index (χ1v) is 9.49. The minimum absolute atomic E-state index is 0.0462. The number of halogens is 2. The summed E-state index contributed by atoms with van der Waals surface area (Å²) in [7, 11) is 0. The molecule has 1 aromatic rings. The van der Waals surface area contributed by atoms with Gasteiger partial charge in [-0.1, -0.05) is 91.1 Å². The van der Waals surface area contributed by atoms with E-state index in [2.05, 4.69) is 74.4 Å². The highest BCUT2D eigenvalue weighted by atomic mass is 79.9. The molecule has 0 fully saturated rings. The number of allylic oxidation sites excluding steroid dienone is 8. The van der Waals surface area contributed by atoms with Crippen molar-refractivity contribution < 1.29 is 0 Å². The van der Waals surface area contributed by atoms with E-state index >= 15 is 0 Å². The molecule has 0 bridgehead atoms. The number of alkyl halides is 2. The topological polar surface area (TPSA) is 0 Å². The lowest BCUT2D eigenvalue weighted by Gasteiger charge is -2.30. The van der Waals surface area contributed by atoms with Crippen LogP contribution in [-0.4, -0.2) is 3.23 Å². The molecule has 4 aliphatic carbocycles. The molecule has 0 radical (unpaired) electrons. The lowest BCUT2D eigenvalue weighted by molar-refractivity contribution is 0.643. The SMILES string of the molecule is BrC1(Br)C=CC2=C(C1)C1CC3=C(CC1=C2)c1ccccc1C3. The molecule has 0 nitrogen and oxygen atoms in total. The van der Waals surface area contributed by atoms with Gasteiger partial charge in [0, 0.05) is 5.92 Å². The van der Waals surface area contributed by atoms with Crippen LogP contribution in [0.25, 0.3) is 5.57 Å². The fraction of sp³-hybridized carbons (Fsp3) is 0.300. The lowest BCUT2D eigenvalue weighted by Crippen LogP contribution is -2.18. The Hall–Kier alpha value is -0.860. The van der Waals surface area contributed by atoms with Crippen LogP contribution < -0.4 is 0 Å². The van der Waals surface area contributed by atoms with E-state index in [-0.39, 0.29) is 3.23 Å². The third kappa shape index (κ3) is 1.93. The Labute approximate surface area is 147 Å². The zero-order valence-electron chi connectivity index (χ0n) is 12.2. The number of fused-ring (bicyclic) bond motifs is 4. The summed E-state index contributed by atoms with van der Waals surface area (Å²) in [6.45, 7) is 0. The van der Waals surface area contributed by atoms with E-state index in [1.807, 2.05) is 0 Å². The Morgan fingerprint density at radius 3 is 2.86 bits per heavy atom. The van der Waals surface area contributed by atoms with Crippen molar-refractivity contribution in [1.82, 2.24) is 0 Å². The molecular formula is C20H16Br2. The third-order valence-corrected chi connectivity index (χ3v) is 6.61. The summed E-state index contributed by atoms with van der Waals surface area (Å²) in [5, 5.41) is 0. The second-order valence-electron chi connectivity index (χ2n) is 6.82. The average molecular weight is 416 g/mol. The van der Waals surface area contributed by atoms with Gasteiger partial charge in [-0.05, 0) is 48.0 Å². The minimum atomic E-state index is -0.0462. The number of hydrogen-bond donors (Lipinski definition) is 0. The minimum Gasteiger partial charge on any atom is -0.0677 e. The normalized spacial score (nSPS) is 27.4. The standard InChI is InChI=1S/C20H16Br2/c21-20(22)6-5-13-8-15-9-17-14(10-18(15)19(13)11-20)7-12-3-1-2-4-16(12)17/h1-6,8,18H,7,9-11H2. The molecule has 0 spiro atoms. The lowest BCUT2D eigenvalue weighted by atomic mass is 9.77. The van der Waals surface area contributed by atoms with Crippen LogP contribution in [0.2, 0.25) is 0 Å². The van der Waals surface area contributed by atoms with Crippen LogP contribution in [0.15, 0.2) is 64.8 Å². The second-order valence-corrected chi connectivity index (χ2v) is 10.7. The maximum Gasteiger partial charge on any atom is 0.102 e. The summed E-state index contributed by atoms with van der Waals surface area (Å²) in [5.74, 6) is 0.641. The summed E-state index contributed by atoms with van der Waals surface area (Å²) in [4.78, 5) is 0. The molecule has 5 rings (SSSR count). The fourth-order valence-electron chi connectivity index (χ4n) is 4.51. The van der Waals surface area contributed by atoms with Crippen molar-refractivity contribution in [3.05, 3.63) is 75.9 Å². The van der Waals surface area contributed by atoms with Gasteiger partial charge in [0.25, 0.3) is 0 Å². The molecule has 0 saturated heterocycles. The van der Waals surface area contributed by atoms with E-state index in [1.165, 1.54) is 29.5 Å². The van der Waals surface area contributed by atoms with E-state index in [0.29, 0.717) is 5.92 Å². The number of rotatable bonds is 0. The van der Waals surface area contributed by atoms with Crippen LogP contribution in [0.5, 0.6) is 0 Å². The zero-order valence-corrected chi connectivity index (χ0v) is 15.4. The maximum absolute atomic E-state index is 3.79. The van der Waals surface area contributed by atoms with Crippen molar-refractivity contribution in [2.75, 3.05) is 0 Å². The van der Waals surface area contributed by atoms with Gasteiger partial charge < -0.3 is 0 Å². The van der Waals surface area contributed by atoms with E-state index < -0.39 is 0 Å². The predicted molar refractivity (Wildman–Crippen MR) is 99.2 cm³/mol. The van der Waals surface area contributed by atoms with Crippen LogP contribution in [0.4, 0.5) is 0 Å². The van der Waals surface area contributed by atoms with Crippen molar-refractivity contribution in [3.8, 4) is 0 Å². The van der Waals surface area contributed by atoms with Crippen LogP contribution >= 0.6 is 31.9 Å². The molecule has 110 valence electrons. The van der Waals surface area contributed by atoms with Gasteiger partial charge >= 0.3 is 0 Å². The average Bonchev–Trinajstić information content (AvgIpc) is 3.02. The molecule has 4 aliphatic rings. The molecule has 22 heavy (non-hydrogen) atoms. The van der Waals surface area contributed by atoms with E-state index in [0.717, 1.165) is 12.8 Å². The van der Waals surface area contributed by atoms with E-state index in [4.69, 9.17) is 0 Å². The predicted octanol–water partition coefficient (Wildman–Crippen LogP) is 6.09. The molecule has 1 atom stereocenters. The molecule has 0 aliphatic heterocycles. The highest BCUT2D eigenvalue weighted by Crippen LogP contribution is 2.54. The van der Waals surface area contributed by atoms with Crippen molar-refractivity contribution in [2.24, 2.45) is 5.92 Å². The quantitative estimate of drug-likeness (QED) is 0.449. The van der Waals surface area contributed by atoms with Crippen LogP contribution in [0.3, 0.4) is 0 Å². The first-order valence-electron chi connectivity index (χ1n) is 7.90. The molecule has 0 heterocycles. The van der Waals surface area contributed by atoms with Crippen LogP contribution in [0.1, 0.15) is 30.4 Å². The number of hydrogen-bond acceptors (Lipinski definition) is 0. The second kappa shape index (κ2) is 4.58. The van der Waals surface area contributed by atoms with Gasteiger partial charge in [-0.15, -0.1) is 0 Å². The van der Waals surface area contributed by atoms with Gasteiger partial charge in [0.15, 0.2) is 0 Å². The highest BCUT2D eigenvalue weighted by molar-refractivity contribution is 9.25. The summed E-state index contributed by atoms with van der Waals surface area (Å²) >= 11 is 7.57. The first-order chi connectivity index (χ1) is 10.6. The monoisotopic (exact) mass is 414 g/mol. The third-order valence-electron chi connectivity index (χ3n) is 5.52. The summed E-state index contributed by atoms with van der Waals surface area (Å²) in [6, 6.07) is 8.96. The Bertz CT molecular complexity index is 818. The Balaban J connectivity index is 1.53. The molecule has 2 heteroatoms. The maximum atomic E-state index is 3.79. The largest absolute Gasteiger partial charge is 0.102 e. The van der Waals surface area contributed by atoms with E-state index in [9.17, 15) is 0 Å². The summed E-state index contributed by atoms with van der Waals surface area (Å²) < 4.78 is -0.0462. The zero-order chi connectivity index (χ0) is 14.9. The van der Waals surface area contributed by atoms with E-state index in [1.54, 1.807) is 22.3 Å². The van der Waals surface area contributed by atoms with Gasteiger partial charge in [0.1, 0.15) is 3.23 Å². The molecule has 0 aromatic heterocycles. The number of benzene rings is 1. The fourth-order valence-corrected chi connectivity index (χ4v) is 5.38. The van der Waals surface area contributed by atoms with Gasteiger partial charge in [0.2, 0.25) is 0 Å². The van der Waals surface area contributed by atoms with Gasteiger partial charge in [-0.2, -0.15) is 0 Å². The first kappa shape index (κ1) is 13.6. The smallest absolute Gasteiger partial charge is 0.0677 e. The van der Waals surface area contributed by atoms with Gasteiger partial charge in [-0.3, -0.25) is 0 Å². The Kier molecular flexibility index (Phi) is 2.82. The Morgan fingerprint density at radius 2 is 1.95 bits per heavy atom. The van der Waals surface area contributed by atoms with Crippen molar-refractivity contribution in [2.45, 2.75) is 28.9 Å². The van der Waals surface area contributed by atoms with Crippen LogP contribution in [0, 0.1) is 5.92 Å². The summed E-state index contributed by atoms with van der Waals surface area (Å²) in [5.41, 5.74) is 11.0. The molecule has 1 unspecified atom stereocenters. The Morgan fingerprint density at radius 1 is 1.09 bits per heavy atom. The molecule has 0 saturated carbocycles. The molecular weight excluding hydrogens is 400 g/mol. The summed E-state index contributed by atoms with van der Waals surface area (Å²) in [6.07, 6.45) is 11.6. The molecule has 0 N–H and O–H groups in total. The molecule has 1 aromatic carbocycles. The van der Waals surface area contributed by atoms with Crippen molar-refractivity contribution >= 4 is 37.4 Å². The van der Waals surface area contributed by atoms with Crippen molar-refractivity contribution in [3.63, 3.8) is 0 Å². The van der Waals surface area contributed by atoms with Crippen molar-refractivity contribution in [1.29, 1.82) is 0 Å². The van der Waals surface area contributed by atoms with Gasteiger partial charge in [-0.25, -0.2) is 0 Å². The van der Waals surface area contributed by atoms with Gasteiger partial charge in [0.05, 0.1) is 0 Å².